The molecule has 84 valence electrons. The highest BCUT2D eigenvalue weighted by Crippen LogP contribution is 2.18. The van der Waals surface area contributed by atoms with Gasteiger partial charge in [0.2, 0.25) is 0 Å². The van der Waals surface area contributed by atoms with Crippen LogP contribution < -0.4 is 5.73 Å². The Morgan fingerprint density at radius 3 is 3.06 bits per heavy atom. The second kappa shape index (κ2) is 5.09. The summed E-state index contributed by atoms with van der Waals surface area (Å²) in [4.78, 5) is 8.62. The lowest BCUT2D eigenvalue weighted by Gasteiger charge is -2.00. The molecule has 0 aromatic carbocycles. The van der Waals surface area contributed by atoms with Crippen molar-refractivity contribution in [2.75, 3.05) is 12.3 Å². The minimum atomic E-state index is 0.630. The molecule has 0 fully saturated rings. The van der Waals surface area contributed by atoms with E-state index in [1.54, 1.807) is 28.8 Å². The first-order valence-corrected chi connectivity index (χ1v) is 5.93. The number of hydrogen-bond acceptors (Lipinski definition) is 5. The number of nitrogens with zero attached hydrogens (tertiary/aromatic N) is 4. The maximum absolute atomic E-state index is 5.44. The van der Waals surface area contributed by atoms with Gasteiger partial charge < -0.3 is 5.73 Å². The second-order valence-electron chi connectivity index (χ2n) is 3.26. The van der Waals surface area contributed by atoms with Crippen molar-refractivity contribution in [3.8, 4) is 11.3 Å². The van der Waals surface area contributed by atoms with Gasteiger partial charge in [0.25, 0.3) is 0 Å². The zero-order chi connectivity index (χ0) is 11.4. The summed E-state index contributed by atoms with van der Waals surface area (Å²) in [5, 5.41) is 4.87. The molecule has 0 saturated carbocycles. The van der Waals surface area contributed by atoms with Gasteiger partial charge in [-0.25, -0.2) is 9.97 Å². The number of thioether (sulfide) groups is 1. The minimum Gasteiger partial charge on any atom is -0.330 e. The molecule has 0 aliphatic heterocycles. The monoisotopic (exact) mass is 235 g/mol. The summed E-state index contributed by atoms with van der Waals surface area (Å²) in [5.41, 5.74) is 7.33. The van der Waals surface area contributed by atoms with Gasteiger partial charge in [0.05, 0.1) is 11.9 Å². The summed E-state index contributed by atoms with van der Waals surface area (Å²) >= 11 is 1.56. The van der Waals surface area contributed by atoms with Crippen LogP contribution in [0.3, 0.4) is 0 Å². The molecule has 0 unspecified atom stereocenters. The third-order valence-corrected chi connectivity index (χ3v) is 2.88. The van der Waals surface area contributed by atoms with Gasteiger partial charge in [-0.2, -0.15) is 5.10 Å². The summed E-state index contributed by atoms with van der Waals surface area (Å²) in [5.74, 6) is 0.830. The van der Waals surface area contributed by atoms with Crippen molar-refractivity contribution < 1.29 is 0 Å². The van der Waals surface area contributed by atoms with E-state index in [0.29, 0.717) is 6.54 Å². The zero-order valence-corrected chi connectivity index (χ0v) is 9.81. The van der Waals surface area contributed by atoms with Crippen LogP contribution in [-0.2, 0) is 7.05 Å². The van der Waals surface area contributed by atoms with Crippen molar-refractivity contribution in [2.45, 2.75) is 5.16 Å². The van der Waals surface area contributed by atoms with Crippen LogP contribution in [0, 0.1) is 0 Å². The van der Waals surface area contributed by atoms with E-state index in [1.807, 2.05) is 19.3 Å². The fourth-order valence-corrected chi connectivity index (χ4v) is 1.87. The molecule has 16 heavy (non-hydrogen) atoms. The van der Waals surface area contributed by atoms with Gasteiger partial charge in [0, 0.05) is 37.3 Å². The summed E-state index contributed by atoms with van der Waals surface area (Å²) in [6, 6.07) is 1.88. The third kappa shape index (κ3) is 2.59. The van der Waals surface area contributed by atoms with Crippen molar-refractivity contribution in [3.05, 3.63) is 24.7 Å². The van der Waals surface area contributed by atoms with E-state index < -0.39 is 0 Å². The Bertz CT molecular complexity index is 468. The average Bonchev–Trinajstić information content (AvgIpc) is 2.74. The molecule has 2 aromatic rings. The predicted molar refractivity (Wildman–Crippen MR) is 64.0 cm³/mol. The van der Waals surface area contributed by atoms with E-state index in [0.717, 1.165) is 22.2 Å². The fourth-order valence-electron chi connectivity index (χ4n) is 1.27. The van der Waals surface area contributed by atoms with Crippen LogP contribution in [0.4, 0.5) is 0 Å². The van der Waals surface area contributed by atoms with Crippen LogP contribution in [0.25, 0.3) is 11.3 Å². The first-order valence-electron chi connectivity index (χ1n) is 4.94. The molecule has 0 radical (unpaired) electrons. The molecule has 0 aliphatic carbocycles. The molecule has 0 spiro atoms. The van der Waals surface area contributed by atoms with E-state index in [2.05, 4.69) is 15.1 Å². The fraction of sp³-hybridized carbons (Fsp3) is 0.300. The lowest BCUT2D eigenvalue weighted by atomic mass is 10.2. The number of hydrogen-bond donors (Lipinski definition) is 1. The van der Waals surface area contributed by atoms with Crippen LogP contribution in [0.1, 0.15) is 0 Å². The van der Waals surface area contributed by atoms with Crippen LogP contribution >= 0.6 is 11.8 Å². The summed E-state index contributed by atoms with van der Waals surface area (Å²) in [6.45, 7) is 0.630. The summed E-state index contributed by atoms with van der Waals surface area (Å²) in [7, 11) is 1.88. The van der Waals surface area contributed by atoms with E-state index in [-0.39, 0.29) is 0 Å². The lowest BCUT2D eigenvalue weighted by Crippen LogP contribution is -2.02. The molecule has 0 aliphatic rings. The van der Waals surface area contributed by atoms with Crippen molar-refractivity contribution in [2.24, 2.45) is 12.8 Å². The van der Waals surface area contributed by atoms with Crippen molar-refractivity contribution in [1.29, 1.82) is 0 Å². The molecule has 2 rings (SSSR count). The first kappa shape index (κ1) is 11.1. The largest absolute Gasteiger partial charge is 0.330 e. The molecule has 0 amide bonds. The second-order valence-corrected chi connectivity index (χ2v) is 4.33. The van der Waals surface area contributed by atoms with E-state index in [1.165, 1.54) is 0 Å². The SMILES string of the molecule is Cn1cc(-c2ccnc(SCCN)n2)cn1. The molecule has 2 N–H and O–H groups in total. The molecule has 2 aromatic heterocycles. The number of aromatic nitrogens is 4. The number of rotatable bonds is 4. The molecular weight excluding hydrogens is 222 g/mol. The predicted octanol–water partition coefficient (Wildman–Crippen LogP) is 0.928. The smallest absolute Gasteiger partial charge is 0.188 e. The Labute approximate surface area is 98.1 Å². The van der Waals surface area contributed by atoms with Crippen molar-refractivity contribution >= 4 is 11.8 Å². The molecule has 0 atom stereocenters. The van der Waals surface area contributed by atoms with Gasteiger partial charge in [-0.15, -0.1) is 0 Å². The Kier molecular flexibility index (Phi) is 3.53. The maximum atomic E-state index is 5.44. The number of nitrogens with two attached hydrogens (primary N) is 1. The van der Waals surface area contributed by atoms with Crippen LogP contribution in [-0.4, -0.2) is 32.0 Å². The highest BCUT2D eigenvalue weighted by atomic mass is 32.2. The minimum absolute atomic E-state index is 0.630. The molecule has 2 heterocycles. The Morgan fingerprint density at radius 2 is 2.38 bits per heavy atom. The van der Waals surface area contributed by atoms with E-state index in [4.69, 9.17) is 5.73 Å². The van der Waals surface area contributed by atoms with Crippen LogP contribution in [0.2, 0.25) is 0 Å². The lowest BCUT2D eigenvalue weighted by molar-refractivity contribution is 0.768. The molecular formula is C10H13N5S. The first-order chi connectivity index (χ1) is 7.79. The molecule has 0 bridgehead atoms. The van der Waals surface area contributed by atoms with Crippen LogP contribution in [0.15, 0.2) is 29.8 Å². The summed E-state index contributed by atoms with van der Waals surface area (Å²) in [6.07, 6.45) is 5.48. The van der Waals surface area contributed by atoms with Gasteiger partial charge in [0.1, 0.15) is 0 Å². The maximum Gasteiger partial charge on any atom is 0.188 e. The van der Waals surface area contributed by atoms with Gasteiger partial charge in [0.15, 0.2) is 5.16 Å². The van der Waals surface area contributed by atoms with Gasteiger partial charge in [-0.1, -0.05) is 11.8 Å². The number of aryl methyl sites for hydroxylation is 1. The van der Waals surface area contributed by atoms with Gasteiger partial charge in [-0.3, -0.25) is 4.68 Å². The highest BCUT2D eigenvalue weighted by molar-refractivity contribution is 7.99. The third-order valence-electron chi connectivity index (χ3n) is 1.98. The van der Waals surface area contributed by atoms with Gasteiger partial charge in [-0.05, 0) is 6.07 Å². The van der Waals surface area contributed by atoms with E-state index >= 15 is 0 Å². The van der Waals surface area contributed by atoms with Crippen molar-refractivity contribution in [1.82, 2.24) is 19.7 Å². The molecule has 0 saturated heterocycles. The summed E-state index contributed by atoms with van der Waals surface area (Å²) < 4.78 is 1.75. The topological polar surface area (TPSA) is 69.6 Å². The average molecular weight is 235 g/mol. The van der Waals surface area contributed by atoms with Crippen LogP contribution in [0.5, 0.6) is 0 Å². The quantitative estimate of drug-likeness (QED) is 0.630. The van der Waals surface area contributed by atoms with Gasteiger partial charge >= 0.3 is 0 Å². The van der Waals surface area contributed by atoms with Crippen molar-refractivity contribution in [3.63, 3.8) is 0 Å². The highest BCUT2D eigenvalue weighted by Gasteiger charge is 2.04. The standard InChI is InChI=1S/C10H13N5S/c1-15-7-8(6-13-15)9-2-4-12-10(14-9)16-5-3-11/h2,4,6-7H,3,5,11H2,1H3. The normalized spacial score (nSPS) is 10.6. The molecule has 5 nitrogen and oxygen atoms in total. The Balaban J connectivity index is 2.22. The van der Waals surface area contributed by atoms with E-state index in [9.17, 15) is 0 Å². The molecule has 6 heteroatoms. The Morgan fingerprint density at radius 1 is 1.50 bits per heavy atom. The Hall–Kier alpha value is -1.40. The zero-order valence-electron chi connectivity index (χ0n) is 9.00.